The summed E-state index contributed by atoms with van der Waals surface area (Å²) < 4.78 is 27.0. The number of rotatable bonds is 3. The highest BCUT2D eigenvalue weighted by Crippen LogP contribution is 2.41. The third kappa shape index (κ3) is 3.49. The fraction of sp³-hybridized carbons (Fsp3) is 0.222. The van der Waals surface area contributed by atoms with Gasteiger partial charge in [0.25, 0.3) is 10.0 Å². The molecular formula is C18H18N2O2S3. The number of aryl methyl sites for hydroxylation is 1. The van der Waals surface area contributed by atoms with Crippen LogP contribution in [0, 0.1) is 6.92 Å². The molecule has 1 aliphatic rings. The van der Waals surface area contributed by atoms with E-state index in [1.54, 1.807) is 24.3 Å². The largest absolute Gasteiger partial charge is 0.270 e. The van der Waals surface area contributed by atoms with Gasteiger partial charge in [0.2, 0.25) is 0 Å². The van der Waals surface area contributed by atoms with Crippen molar-refractivity contribution in [2.45, 2.75) is 30.4 Å². The Hall–Kier alpha value is -1.70. The first-order valence-corrected chi connectivity index (χ1v) is 10.4. The quantitative estimate of drug-likeness (QED) is 0.723. The average Bonchev–Trinajstić information content (AvgIpc) is 2.78. The first-order valence-electron chi connectivity index (χ1n) is 7.71. The summed E-state index contributed by atoms with van der Waals surface area (Å²) in [6.45, 7) is 5.73. The molecule has 0 N–H and O–H groups in total. The van der Waals surface area contributed by atoms with Crippen LogP contribution in [0.3, 0.4) is 0 Å². The summed E-state index contributed by atoms with van der Waals surface area (Å²) in [5.74, 6) is 0. The van der Waals surface area contributed by atoms with Crippen LogP contribution in [0.25, 0.3) is 0 Å². The second-order valence-corrected chi connectivity index (χ2v) is 9.99. The van der Waals surface area contributed by atoms with Crippen LogP contribution in [-0.4, -0.2) is 27.6 Å². The Labute approximate surface area is 158 Å². The zero-order valence-electron chi connectivity index (χ0n) is 14.1. The van der Waals surface area contributed by atoms with Crippen molar-refractivity contribution < 1.29 is 8.42 Å². The minimum absolute atomic E-state index is 0.208. The van der Waals surface area contributed by atoms with Gasteiger partial charge in [-0.3, -0.25) is 0 Å². The zero-order valence-corrected chi connectivity index (χ0v) is 16.6. The molecule has 7 heteroatoms. The van der Waals surface area contributed by atoms with Crippen molar-refractivity contribution in [2.75, 3.05) is 0 Å². The van der Waals surface area contributed by atoms with E-state index in [2.05, 4.69) is 4.99 Å². The van der Waals surface area contributed by atoms with E-state index in [1.807, 2.05) is 51.1 Å². The number of sulfonamides is 1. The van der Waals surface area contributed by atoms with E-state index in [0.717, 1.165) is 5.56 Å². The molecular weight excluding hydrogens is 372 g/mol. The van der Waals surface area contributed by atoms with E-state index >= 15 is 0 Å². The van der Waals surface area contributed by atoms with Crippen LogP contribution in [0.1, 0.15) is 19.4 Å². The topological polar surface area (TPSA) is 49.7 Å². The number of aliphatic imine (C=N–C) groups is 1. The van der Waals surface area contributed by atoms with Crippen LogP contribution < -0.4 is 0 Å². The van der Waals surface area contributed by atoms with E-state index in [1.165, 1.54) is 16.1 Å². The summed E-state index contributed by atoms with van der Waals surface area (Å²) in [5.41, 5.74) is 1.69. The number of benzene rings is 2. The van der Waals surface area contributed by atoms with Gasteiger partial charge >= 0.3 is 0 Å². The van der Waals surface area contributed by atoms with Crippen molar-refractivity contribution >= 4 is 49.8 Å². The number of nitrogens with zero attached hydrogens (tertiary/aromatic N) is 2. The molecule has 130 valence electrons. The Kier molecular flexibility index (Phi) is 4.74. The van der Waals surface area contributed by atoms with E-state index in [9.17, 15) is 8.42 Å². The van der Waals surface area contributed by atoms with Gasteiger partial charge in [-0.05, 0) is 45.0 Å². The Balaban J connectivity index is 2.11. The standard InChI is InChI=1S/C18H18N2O2S3/c1-13-9-11-15(12-10-13)25(21,22)20-16(23)18(2,3)24-17(20)19-14-7-5-4-6-8-14/h4-12H,1-3H3. The first kappa shape index (κ1) is 18.1. The lowest BCUT2D eigenvalue weighted by Gasteiger charge is -2.21. The molecule has 0 aliphatic carbocycles. The Morgan fingerprint density at radius 3 is 2.24 bits per heavy atom. The molecule has 2 aromatic carbocycles. The van der Waals surface area contributed by atoms with Gasteiger partial charge in [0.15, 0.2) is 5.17 Å². The molecule has 3 rings (SSSR count). The smallest absolute Gasteiger partial charge is 0.224 e. The van der Waals surface area contributed by atoms with Gasteiger partial charge in [-0.2, -0.15) is 0 Å². The molecule has 0 unspecified atom stereocenters. The second kappa shape index (κ2) is 6.55. The van der Waals surface area contributed by atoms with Crippen molar-refractivity contribution in [3.63, 3.8) is 0 Å². The minimum Gasteiger partial charge on any atom is -0.224 e. The van der Waals surface area contributed by atoms with Crippen LogP contribution in [0.5, 0.6) is 0 Å². The van der Waals surface area contributed by atoms with Crippen molar-refractivity contribution in [3.05, 3.63) is 60.2 Å². The predicted molar refractivity (Wildman–Crippen MR) is 108 cm³/mol. The molecule has 0 atom stereocenters. The fourth-order valence-corrected chi connectivity index (χ4v) is 5.73. The number of hydrogen-bond donors (Lipinski definition) is 0. The third-order valence-electron chi connectivity index (χ3n) is 3.76. The van der Waals surface area contributed by atoms with Gasteiger partial charge in [0, 0.05) is 0 Å². The highest BCUT2D eigenvalue weighted by atomic mass is 32.2. The number of thioether (sulfide) groups is 1. The van der Waals surface area contributed by atoms with Crippen LogP contribution >= 0.6 is 24.0 Å². The summed E-state index contributed by atoms with van der Waals surface area (Å²) in [6, 6.07) is 16.0. The van der Waals surface area contributed by atoms with Crippen molar-refractivity contribution in [1.82, 2.24) is 4.31 Å². The average molecular weight is 391 g/mol. The van der Waals surface area contributed by atoms with Crippen molar-refractivity contribution in [2.24, 2.45) is 4.99 Å². The van der Waals surface area contributed by atoms with Gasteiger partial charge in [-0.15, -0.1) is 0 Å². The van der Waals surface area contributed by atoms with Crippen molar-refractivity contribution in [1.29, 1.82) is 0 Å². The van der Waals surface area contributed by atoms with Gasteiger partial charge in [0.05, 0.1) is 15.3 Å². The molecule has 0 spiro atoms. The summed E-state index contributed by atoms with van der Waals surface area (Å²) in [5, 5.41) is 0.377. The normalized spacial score (nSPS) is 18.8. The number of hydrogen-bond acceptors (Lipinski definition) is 5. The molecule has 1 aliphatic heterocycles. The van der Waals surface area contributed by atoms with Gasteiger partial charge < -0.3 is 0 Å². The number of thiocarbonyl (C=S) groups is 1. The molecule has 0 aromatic heterocycles. The molecule has 4 nitrogen and oxygen atoms in total. The Morgan fingerprint density at radius 2 is 1.64 bits per heavy atom. The summed E-state index contributed by atoms with van der Waals surface area (Å²) in [7, 11) is -3.80. The maximum absolute atomic E-state index is 13.2. The van der Waals surface area contributed by atoms with Gasteiger partial charge in [-0.1, -0.05) is 59.9 Å². The molecule has 0 amide bonds. The summed E-state index contributed by atoms with van der Waals surface area (Å²) >= 11 is 6.85. The van der Waals surface area contributed by atoms with Crippen LogP contribution in [0.15, 0.2) is 64.5 Å². The number of amidine groups is 1. The predicted octanol–water partition coefficient (Wildman–Crippen LogP) is 4.53. The Bertz CT molecular complexity index is 934. The highest BCUT2D eigenvalue weighted by Gasteiger charge is 2.47. The highest BCUT2D eigenvalue weighted by molar-refractivity contribution is 8.18. The molecule has 1 fully saturated rings. The lowest BCUT2D eigenvalue weighted by atomic mass is 10.2. The number of para-hydroxylation sites is 1. The van der Waals surface area contributed by atoms with E-state index < -0.39 is 14.8 Å². The molecule has 1 heterocycles. The van der Waals surface area contributed by atoms with Crippen LogP contribution in [0.4, 0.5) is 5.69 Å². The lowest BCUT2D eigenvalue weighted by Crippen LogP contribution is -2.39. The first-order chi connectivity index (χ1) is 11.7. The summed E-state index contributed by atoms with van der Waals surface area (Å²) in [4.78, 5) is 5.08. The lowest BCUT2D eigenvalue weighted by molar-refractivity contribution is 0.571. The Morgan fingerprint density at radius 1 is 1.04 bits per heavy atom. The summed E-state index contributed by atoms with van der Waals surface area (Å²) in [6.07, 6.45) is 0. The molecule has 0 bridgehead atoms. The second-order valence-electron chi connectivity index (χ2n) is 6.23. The molecule has 1 saturated heterocycles. The van der Waals surface area contributed by atoms with Gasteiger partial charge in [0.1, 0.15) is 4.99 Å². The zero-order chi connectivity index (χ0) is 18.2. The maximum Gasteiger partial charge on any atom is 0.270 e. The molecule has 0 saturated carbocycles. The van der Waals surface area contributed by atoms with E-state index in [-0.39, 0.29) is 4.90 Å². The monoisotopic (exact) mass is 390 g/mol. The van der Waals surface area contributed by atoms with E-state index in [0.29, 0.717) is 15.8 Å². The van der Waals surface area contributed by atoms with Crippen LogP contribution in [-0.2, 0) is 10.0 Å². The SMILES string of the molecule is Cc1ccc(S(=O)(=O)N2C(=S)C(C)(C)SC2=Nc2ccccc2)cc1. The molecule has 0 radical (unpaired) electrons. The third-order valence-corrected chi connectivity index (χ3v) is 7.68. The minimum atomic E-state index is -3.80. The van der Waals surface area contributed by atoms with Crippen LogP contribution in [0.2, 0.25) is 0 Å². The fourth-order valence-electron chi connectivity index (χ4n) is 2.35. The molecule has 2 aromatic rings. The van der Waals surface area contributed by atoms with Crippen molar-refractivity contribution in [3.8, 4) is 0 Å². The van der Waals surface area contributed by atoms with Gasteiger partial charge in [-0.25, -0.2) is 17.7 Å². The maximum atomic E-state index is 13.2. The molecule has 25 heavy (non-hydrogen) atoms. The van der Waals surface area contributed by atoms with E-state index in [4.69, 9.17) is 12.2 Å².